The molecule has 1 heterocycles. The van der Waals surface area contributed by atoms with Crippen molar-refractivity contribution in [2.75, 3.05) is 5.75 Å². The largest absolute Gasteiger partial charge is 0.301 e. The van der Waals surface area contributed by atoms with Gasteiger partial charge in [0.1, 0.15) is 6.29 Å². The highest BCUT2D eigenvalue weighted by Crippen LogP contribution is 2.41. The Morgan fingerprint density at radius 2 is 2.36 bits per heavy atom. The highest BCUT2D eigenvalue weighted by molar-refractivity contribution is 8.01. The third-order valence-corrected chi connectivity index (χ3v) is 3.60. The van der Waals surface area contributed by atoms with E-state index >= 15 is 0 Å². The maximum atomic E-state index is 10.8. The van der Waals surface area contributed by atoms with Gasteiger partial charge in [-0.25, -0.2) is 0 Å². The van der Waals surface area contributed by atoms with Crippen LogP contribution in [0.25, 0.3) is 0 Å². The number of carbonyl (C=O) groups excluding carboxylic acids is 1. The predicted octanol–water partition coefficient (Wildman–Crippen LogP) is 2.19. The zero-order valence-electron chi connectivity index (χ0n) is 6.51. The van der Waals surface area contributed by atoms with Gasteiger partial charge < -0.3 is 4.79 Å². The fourth-order valence-electron chi connectivity index (χ4n) is 1.26. The van der Waals surface area contributed by atoms with Gasteiger partial charge in [0, 0.05) is 0 Å². The molecular formula is C9H12OS. The number of thioether (sulfide) groups is 1. The molecule has 1 nitrogen and oxygen atoms in total. The minimum atomic E-state index is -0.332. The van der Waals surface area contributed by atoms with Crippen LogP contribution in [0.15, 0.2) is 24.8 Å². The molecule has 1 rings (SSSR count). The summed E-state index contributed by atoms with van der Waals surface area (Å²) in [5, 5.41) is 0. The lowest BCUT2D eigenvalue weighted by molar-refractivity contribution is -0.109. The molecule has 2 heteroatoms. The highest BCUT2D eigenvalue weighted by atomic mass is 32.2. The fraction of sp³-hybridized carbons (Fsp3) is 0.444. The number of hydrogen-bond acceptors (Lipinski definition) is 2. The van der Waals surface area contributed by atoms with Crippen molar-refractivity contribution in [3.63, 3.8) is 0 Å². The van der Waals surface area contributed by atoms with Crippen molar-refractivity contribution in [3.8, 4) is 0 Å². The summed E-state index contributed by atoms with van der Waals surface area (Å²) in [6.45, 7) is 7.45. The van der Waals surface area contributed by atoms with Gasteiger partial charge in [-0.3, -0.25) is 0 Å². The maximum Gasteiger partial charge on any atom is 0.140 e. The highest BCUT2D eigenvalue weighted by Gasteiger charge is 2.35. The average molecular weight is 168 g/mol. The molecular weight excluding hydrogens is 156 g/mol. The lowest BCUT2D eigenvalue weighted by Gasteiger charge is -2.20. The van der Waals surface area contributed by atoms with E-state index in [1.807, 2.05) is 0 Å². The summed E-state index contributed by atoms with van der Waals surface area (Å²) in [4.78, 5) is 10.8. The van der Waals surface area contributed by atoms with E-state index in [1.165, 1.54) is 0 Å². The number of hydrogen-bond donors (Lipinski definition) is 0. The van der Waals surface area contributed by atoms with Crippen LogP contribution in [-0.4, -0.2) is 16.8 Å². The van der Waals surface area contributed by atoms with Crippen LogP contribution in [0.2, 0.25) is 0 Å². The molecule has 0 amide bonds. The first kappa shape index (κ1) is 8.60. The Morgan fingerprint density at radius 3 is 2.73 bits per heavy atom. The molecule has 0 bridgehead atoms. The van der Waals surface area contributed by atoms with Crippen LogP contribution in [0.1, 0.15) is 12.8 Å². The number of aldehydes is 1. The Kier molecular flexibility index (Phi) is 2.55. The Hall–Kier alpha value is -0.500. The topological polar surface area (TPSA) is 17.1 Å². The first-order chi connectivity index (χ1) is 5.25. The number of allylic oxidation sites excluding steroid dienone is 1. The molecule has 11 heavy (non-hydrogen) atoms. The third-order valence-electron chi connectivity index (χ3n) is 2.03. The third kappa shape index (κ3) is 1.41. The molecule has 0 aromatic rings. The van der Waals surface area contributed by atoms with Gasteiger partial charge in [-0.1, -0.05) is 19.2 Å². The summed E-state index contributed by atoms with van der Waals surface area (Å²) >= 11 is 1.68. The van der Waals surface area contributed by atoms with Gasteiger partial charge >= 0.3 is 0 Å². The Balaban J connectivity index is 2.82. The van der Waals surface area contributed by atoms with E-state index in [1.54, 1.807) is 17.8 Å². The van der Waals surface area contributed by atoms with Crippen LogP contribution in [0.5, 0.6) is 0 Å². The maximum absolute atomic E-state index is 10.8. The second-order valence-electron chi connectivity index (χ2n) is 2.69. The minimum Gasteiger partial charge on any atom is -0.301 e. The second kappa shape index (κ2) is 3.26. The number of rotatable bonds is 3. The summed E-state index contributed by atoms with van der Waals surface area (Å²) in [5.41, 5.74) is 0.856. The van der Waals surface area contributed by atoms with Gasteiger partial charge in [-0.2, -0.15) is 0 Å². The van der Waals surface area contributed by atoms with Crippen molar-refractivity contribution < 1.29 is 4.79 Å². The monoisotopic (exact) mass is 168 g/mol. The van der Waals surface area contributed by atoms with Crippen molar-refractivity contribution >= 4 is 18.0 Å². The molecule has 0 radical (unpaired) electrons. The Labute approximate surface area is 71.6 Å². The van der Waals surface area contributed by atoms with Crippen LogP contribution in [0, 0.1) is 0 Å². The van der Waals surface area contributed by atoms with Crippen molar-refractivity contribution in [2.45, 2.75) is 17.6 Å². The molecule has 1 aliphatic rings. The zero-order chi connectivity index (χ0) is 8.32. The molecule has 1 fully saturated rings. The van der Waals surface area contributed by atoms with Crippen LogP contribution >= 0.6 is 11.8 Å². The van der Waals surface area contributed by atoms with Gasteiger partial charge in [-0.05, 0) is 24.2 Å². The average Bonchev–Trinajstić information content (AvgIpc) is 2.52. The van der Waals surface area contributed by atoms with E-state index in [-0.39, 0.29) is 4.75 Å². The van der Waals surface area contributed by atoms with Gasteiger partial charge in [-0.15, -0.1) is 11.8 Å². The van der Waals surface area contributed by atoms with Gasteiger partial charge in [0.2, 0.25) is 0 Å². The summed E-state index contributed by atoms with van der Waals surface area (Å²) in [6.07, 6.45) is 4.73. The minimum absolute atomic E-state index is 0.332. The van der Waals surface area contributed by atoms with Crippen molar-refractivity contribution in [1.82, 2.24) is 0 Å². The zero-order valence-corrected chi connectivity index (χ0v) is 7.32. The quantitative estimate of drug-likeness (QED) is 0.474. The molecule has 0 aromatic carbocycles. The molecule has 0 spiro atoms. The fourth-order valence-corrected chi connectivity index (χ4v) is 2.53. The summed E-state index contributed by atoms with van der Waals surface area (Å²) in [6, 6.07) is 0. The van der Waals surface area contributed by atoms with Crippen LogP contribution in [-0.2, 0) is 4.79 Å². The SMILES string of the molecule is C=CC(=C)[C@@]1(C=O)CCCS1. The Bertz CT molecular complexity index is 190. The van der Waals surface area contributed by atoms with E-state index in [2.05, 4.69) is 13.2 Å². The summed E-state index contributed by atoms with van der Waals surface area (Å²) < 4.78 is -0.332. The van der Waals surface area contributed by atoms with Gasteiger partial charge in [0.15, 0.2) is 0 Å². The first-order valence-electron chi connectivity index (χ1n) is 3.67. The van der Waals surface area contributed by atoms with Crippen molar-refractivity contribution in [3.05, 3.63) is 24.8 Å². The normalized spacial score (nSPS) is 29.8. The molecule has 0 aromatic heterocycles. The molecule has 0 aliphatic carbocycles. The second-order valence-corrected chi connectivity index (χ2v) is 4.11. The van der Waals surface area contributed by atoms with E-state index in [0.717, 1.165) is 30.5 Å². The van der Waals surface area contributed by atoms with E-state index < -0.39 is 0 Å². The van der Waals surface area contributed by atoms with Gasteiger partial charge in [0.25, 0.3) is 0 Å². The summed E-state index contributed by atoms with van der Waals surface area (Å²) in [7, 11) is 0. The van der Waals surface area contributed by atoms with Crippen molar-refractivity contribution in [2.24, 2.45) is 0 Å². The molecule has 0 N–H and O–H groups in total. The predicted molar refractivity (Wildman–Crippen MR) is 49.8 cm³/mol. The first-order valence-corrected chi connectivity index (χ1v) is 4.66. The molecule has 1 saturated heterocycles. The molecule has 0 unspecified atom stereocenters. The number of carbonyl (C=O) groups is 1. The summed E-state index contributed by atoms with van der Waals surface area (Å²) in [5.74, 6) is 1.06. The van der Waals surface area contributed by atoms with Gasteiger partial charge in [0.05, 0.1) is 4.75 Å². The molecule has 0 saturated carbocycles. The smallest absolute Gasteiger partial charge is 0.140 e. The molecule has 1 atom stereocenters. The van der Waals surface area contributed by atoms with Crippen LogP contribution < -0.4 is 0 Å². The van der Waals surface area contributed by atoms with Crippen LogP contribution in [0.3, 0.4) is 0 Å². The lowest BCUT2D eigenvalue weighted by Crippen LogP contribution is -2.24. The van der Waals surface area contributed by atoms with Crippen molar-refractivity contribution in [1.29, 1.82) is 0 Å². The van der Waals surface area contributed by atoms with E-state index in [0.29, 0.717) is 0 Å². The molecule has 1 aliphatic heterocycles. The standard InChI is InChI=1S/C9H12OS/c1-3-8(2)9(7-10)5-4-6-11-9/h3,7H,1-2,4-6H2/t9-/m0/s1. The lowest BCUT2D eigenvalue weighted by atomic mass is 9.96. The van der Waals surface area contributed by atoms with E-state index in [4.69, 9.17) is 0 Å². The Morgan fingerprint density at radius 1 is 1.64 bits per heavy atom. The van der Waals surface area contributed by atoms with E-state index in [9.17, 15) is 4.79 Å². The van der Waals surface area contributed by atoms with Crippen LogP contribution in [0.4, 0.5) is 0 Å². The molecule has 60 valence electrons.